The number of aliphatic hydroxyl groups is 3. The van der Waals surface area contributed by atoms with E-state index in [2.05, 4.69) is 15.0 Å². The van der Waals surface area contributed by atoms with E-state index in [1.165, 1.54) is 0 Å². The van der Waals surface area contributed by atoms with Crippen molar-refractivity contribution < 1.29 is 20.1 Å². The first-order chi connectivity index (χ1) is 9.93. The Kier molecular flexibility index (Phi) is 3.61. The summed E-state index contributed by atoms with van der Waals surface area (Å²) >= 11 is 1.90. The minimum absolute atomic E-state index is 0.0200. The van der Waals surface area contributed by atoms with Crippen molar-refractivity contribution in [3.05, 3.63) is 14.3 Å². The zero-order valence-electron chi connectivity index (χ0n) is 10.5. The molecule has 11 heteroatoms. The molecule has 0 unspecified atom stereocenters. The molecule has 1 fully saturated rings. The van der Waals surface area contributed by atoms with Crippen LogP contribution in [0.25, 0.3) is 11.2 Å². The quantitative estimate of drug-likeness (QED) is 0.279. The predicted molar refractivity (Wildman–Crippen MR) is 78.3 cm³/mol. The molecule has 114 valence electrons. The molecule has 0 aliphatic carbocycles. The molecule has 10 nitrogen and oxygen atoms in total. The maximum absolute atomic E-state index is 12.1. The number of nitrogen functional groups attached to an aromatic ring is 1. The molecule has 6 N–H and O–H groups in total. The first-order valence-electron chi connectivity index (χ1n) is 5.99. The number of nitrogens with one attached hydrogen (secondary N) is 1. The smallest absolute Gasteiger partial charge is 0.353 e. The maximum atomic E-state index is 12.1. The maximum Gasteiger partial charge on any atom is 0.353 e. The lowest BCUT2D eigenvalue weighted by Gasteiger charge is -2.17. The molecule has 2 aromatic rings. The van der Waals surface area contributed by atoms with Crippen LogP contribution in [0.5, 0.6) is 0 Å². The number of fused-ring (bicyclic) bond motifs is 1. The van der Waals surface area contributed by atoms with Crippen molar-refractivity contribution in [3.8, 4) is 0 Å². The van der Waals surface area contributed by atoms with Crippen LogP contribution in [0.4, 0.5) is 5.82 Å². The van der Waals surface area contributed by atoms with Gasteiger partial charge in [-0.15, -0.1) is 0 Å². The van der Waals surface area contributed by atoms with Gasteiger partial charge in [0.25, 0.3) is 0 Å². The lowest BCUT2D eigenvalue weighted by atomic mass is 10.1. The second-order valence-corrected chi connectivity index (χ2v) is 5.63. The van der Waals surface area contributed by atoms with Crippen LogP contribution in [0.15, 0.2) is 4.79 Å². The third kappa shape index (κ3) is 2.20. The molecule has 1 saturated heterocycles. The number of anilines is 1. The van der Waals surface area contributed by atoms with E-state index < -0.39 is 36.8 Å². The number of aromatic amines is 1. The summed E-state index contributed by atoms with van der Waals surface area (Å²) in [6.45, 7) is -0.493. The van der Waals surface area contributed by atoms with Gasteiger partial charge in [-0.1, -0.05) is 0 Å². The van der Waals surface area contributed by atoms with E-state index in [0.717, 1.165) is 4.57 Å². The van der Waals surface area contributed by atoms with Crippen LogP contribution in [-0.2, 0) is 4.74 Å². The van der Waals surface area contributed by atoms with E-state index in [4.69, 9.17) is 15.6 Å². The fraction of sp³-hybridized carbons (Fsp3) is 0.500. The second-order valence-electron chi connectivity index (χ2n) is 4.60. The molecule has 2 aromatic heterocycles. The van der Waals surface area contributed by atoms with E-state index in [-0.39, 0.29) is 11.5 Å². The number of halogens is 1. The van der Waals surface area contributed by atoms with Gasteiger partial charge in [0.05, 0.1) is 6.61 Å². The Morgan fingerprint density at radius 2 is 2.10 bits per heavy atom. The van der Waals surface area contributed by atoms with Crippen molar-refractivity contribution in [2.45, 2.75) is 24.5 Å². The number of aliphatic hydroxyl groups excluding tert-OH is 3. The average Bonchev–Trinajstić information content (AvgIpc) is 2.94. The summed E-state index contributed by atoms with van der Waals surface area (Å²) in [5, 5.41) is 28.9. The molecule has 0 spiro atoms. The van der Waals surface area contributed by atoms with Crippen molar-refractivity contribution in [1.82, 2.24) is 19.5 Å². The van der Waals surface area contributed by atoms with Crippen LogP contribution in [0.3, 0.4) is 0 Å². The minimum Gasteiger partial charge on any atom is -0.394 e. The summed E-state index contributed by atoms with van der Waals surface area (Å²) in [5.41, 5.74) is 5.38. The molecule has 0 saturated carbocycles. The van der Waals surface area contributed by atoms with E-state index in [1.807, 2.05) is 22.6 Å². The van der Waals surface area contributed by atoms with Gasteiger partial charge in [0, 0.05) is 0 Å². The second kappa shape index (κ2) is 5.17. The Hall–Kier alpha value is -1.28. The van der Waals surface area contributed by atoms with Gasteiger partial charge < -0.3 is 30.8 Å². The largest absolute Gasteiger partial charge is 0.394 e. The molecule has 21 heavy (non-hydrogen) atoms. The molecule has 0 aromatic carbocycles. The average molecular weight is 409 g/mol. The van der Waals surface area contributed by atoms with Gasteiger partial charge in [-0.25, -0.2) is 14.3 Å². The Labute approximate surface area is 130 Å². The van der Waals surface area contributed by atoms with Crippen LogP contribution < -0.4 is 11.4 Å². The van der Waals surface area contributed by atoms with Crippen LogP contribution in [-0.4, -0.2) is 59.8 Å². The summed E-state index contributed by atoms with van der Waals surface area (Å²) in [5.74, 6) is -0.0200. The molecular formula is C10H12IN5O5. The van der Waals surface area contributed by atoms with E-state index in [0.29, 0.717) is 9.35 Å². The number of imidazole rings is 1. The summed E-state index contributed by atoms with van der Waals surface area (Å²) in [6, 6.07) is 0. The van der Waals surface area contributed by atoms with Crippen LogP contribution >= 0.6 is 22.6 Å². The number of rotatable bonds is 2. The summed E-state index contributed by atoms with van der Waals surface area (Å²) < 4.78 is 6.82. The highest BCUT2D eigenvalue weighted by atomic mass is 127. The fourth-order valence-corrected chi connectivity index (χ4v) is 2.81. The number of aromatic nitrogens is 4. The van der Waals surface area contributed by atoms with Gasteiger partial charge in [-0.3, -0.25) is 0 Å². The van der Waals surface area contributed by atoms with Crippen molar-refractivity contribution in [3.63, 3.8) is 0 Å². The number of ether oxygens (including phenoxy) is 1. The first-order valence-corrected chi connectivity index (χ1v) is 7.07. The van der Waals surface area contributed by atoms with Gasteiger partial charge in [-0.2, -0.15) is 4.98 Å². The molecular weight excluding hydrogens is 397 g/mol. The third-order valence-electron chi connectivity index (χ3n) is 3.33. The monoisotopic (exact) mass is 409 g/mol. The number of nitrogens with two attached hydrogens (primary N) is 1. The zero-order chi connectivity index (χ0) is 15.3. The van der Waals surface area contributed by atoms with Crippen molar-refractivity contribution in [1.29, 1.82) is 0 Å². The topological polar surface area (TPSA) is 160 Å². The van der Waals surface area contributed by atoms with Gasteiger partial charge in [0.2, 0.25) is 0 Å². The molecule has 0 radical (unpaired) electrons. The highest BCUT2D eigenvalue weighted by Gasteiger charge is 2.44. The van der Waals surface area contributed by atoms with Crippen LogP contribution in [0.1, 0.15) is 6.23 Å². The third-order valence-corrected chi connectivity index (χ3v) is 3.84. The Morgan fingerprint density at radius 1 is 1.38 bits per heavy atom. The molecule has 0 amide bonds. The molecule has 3 heterocycles. The molecule has 1 aliphatic rings. The van der Waals surface area contributed by atoms with Crippen molar-refractivity contribution in [2.75, 3.05) is 12.3 Å². The van der Waals surface area contributed by atoms with Crippen LogP contribution in [0.2, 0.25) is 0 Å². The predicted octanol–water partition coefficient (Wildman–Crippen LogP) is -2.08. The summed E-state index contributed by atoms with van der Waals surface area (Å²) in [6.07, 6.45) is -4.93. The summed E-state index contributed by atoms with van der Waals surface area (Å²) in [4.78, 5) is 22.7. The molecule has 0 bridgehead atoms. The number of H-pyrrole nitrogens is 1. The highest BCUT2D eigenvalue weighted by molar-refractivity contribution is 14.1. The minimum atomic E-state index is -1.40. The molecule has 4 atom stereocenters. The molecule has 3 rings (SSSR count). The lowest BCUT2D eigenvalue weighted by Crippen LogP contribution is -2.36. The number of hydrogen-bond acceptors (Lipinski definition) is 8. The van der Waals surface area contributed by atoms with Gasteiger partial charge in [0.1, 0.15) is 23.8 Å². The Bertz CT molecular complexity index is 745. The van der Waals surface area contributed by atoms with Crippen molar-refractivity contribution >= 4 is 39.6 Å². The van der Waals surface area contributed by atoms with Gasteiger partial charge in [0.15, 0.2) is 21.5 Å². The van der Waals surface area contributed by atoms with E-state index in [9.17, 15) is 15.0 Å². The zero-order valence-corrected chi connectivity index (χ0v) is 12.6. The highest BCUT2D eigenvalue weighted by Crippen LogP contribution is 2.30. The standard InChI is InChI=1S/C10H12IN5O5/c11-9-13-3-6(12)14-10(20)16(7(3)15-9)8-5(19)4(18)2(1-17)21-8/h2,4-5,8,17-19H,1H2,(H,13,15)(H2,12,14,20)/t2-,4+,5+,8-/m1/s1. The Morgan fingerprint density at radius 3 is 2.71 bits per heavy atom. The lowest BCUT2D eigenvalue weighted by molar-refractivity contribution is -0.0529. The van der Waals surface area contributed by atoms with Gasteiger partial charge >= 0.3 is 5.69 Å². The SMILES string of the molecule is Nc1nc(=O)n([C@@H]2O[C@H](CO)[C@H](O)[C@@H]2O)c2nc(I)[nH]c12. The number of hydrogen-bond donors (Lipinski definition) is 5. The molecule has 1 aliphatic heterocycles. The van der Waals surface area contributed by atoms with Gasteiger partial charge in [-0.05, 0) is 22.6 Å². The first kappa shape index (κ1) is 14.6. The van der Waals surface area contributed by atoms with Crippen LogP contribution in [0, 0.1) is 3.83 Å². The normalized spacial score (nSPS) is 29.3. The van der Waals surface area contributed by atoms with Crippen molar-refractivity contribution in [2.24, 2.45) is 0 Å². The van der Waals surface area contributed by atoms with E-state index >= 15 is 0 Å². The summed E-state index contributed by atoms with van der Waals surface area (Å²) in [7, 11) is 0. The Balaban J connectivity index is 2.19. The number of nitrogens with zero attached hydrogens (tertiary/aromatic N) is 3. The van der Waals surface area contributed by atoms with E-state index in [1.54, 1.807) is 0 Å². The fourth-order valence-electron chi connectivity index (χ4n) is 2.31.